The van der Waals surface area contributed by atoms with Crippen molar-refractivity contribution in [2.45, 2.75) is 11.6 Å². The van der Waals surface area contributed by atoms with Crippen LogP contribution in [-0.2, 0) is 16.7 Å². The van der Waals surface area contributed by atoms with Crippen LogP contribution in [0, 0.1) is 10.7 Å². The Morgan fingerprint density at radius 3 is 2.48 bits per heavy atom. The van der Waals surface area contributed by atoms with E-state index in [-0.39, 0.29) is 4.90 Å². The first kappa shape index (κ1) is 18.3. The highest BCUT2D eigenvalue weighted by molar-refractivity contribution is 7.89. The second-order valence-corrected chi connectivity index (χ2v) is 8.76. The lowest BCUT2D eigenvalue weighted by Crippen LogP contribution is -3.14. The van der Waals surface area contributed by atoms with Crippen LogP contribution in [0.1, 0.15) is 0 Å². The fourth-order valence-electron chi connectivity index (χ4n) is 3.38. The third-order valence-electron chi connectivity index (χ3n) is 4.84. The van der Waals surface area contributed by atoms with E-state index >= 15 is 0 Å². The van der Waals surface area contributed by atoms with Crippen molar-refractivity contribution in [3.63, 3.8) is 0 Å². The molecule has 4 rings (SSSR count). The summed E-state index contributed by atoms with van der Waals surface area (Å²) in [6, 6.07) is 13.1. The Morgan fingerprint density at radius 1 is 1.07 bits per heavy atom. The standard InChI is InChI=1S/C18H18FN3O3S2/c19-14-5-1-4-8-17(14)27(23,24)21-11-9-20(10-12-21)13-22-15-6-2-3-7-16(15)25-18(22)26/h1-8H,9-13H2/p+1. The van der Waals surface area contributed by atoms with E-state index in [4.69, 9.17) is 16.6 Å². The van der Waals surface area contributed by atoms with Gasteiger partial charge in [-0.3, -0.25) is 4.57 Å². The summed E-state index contributed by atoms with van der Waals surface area (Å²) < 4.78 is 48.2. The monoisotopic (exact) mass is 408 g/mol. The molecule has 0 atom stereocenters. The van der Waals surface area contributed by atoms with E-state index in [0.717, 1.165) is 11.1 Å². The molecular weight excluding hydrogens is 389 g/mol. The van der Waals surface area contributed by atoms with Gasteiger partial charge in [0.1, 0.15) is 10.7 Å². The summed E-state index contributed by atoms with van der Waals surface area (Å²) in [5, 5.41) is 0. The van der Waals surface area contributed by atoms with E-state index in [9.17, 15) is 12.8 Å². The quantitative estimate of drug-likeness (QED) is 0.667. The maximum absolute atomic E-state index is 13.9. The highest BCUT2D eigenvalue weighted by Crippen LogP contribution is 2.19. The number of quaternary nitrogens is 1. The zero-order valence-electron chi connectivity index (χ0n) is 14.5. The van der Waals surface area contributed by atoms with E-state index in [1.165, 1.54) is 33.5 Å². The number of fused-ring (bicyclic) bond motifs is 1. The first-order chi connectivity index (χ1) is 13.0. The van der Waals surface area contributed by atoms with E-state index in [2.05, 4.69) is 0 Å². The minimum Gasteiger partial charge on any atom is -0.429 e. The molecule has 27 heavy (non-hydrogen) atoms. The topological polar surface area (TPSA) is 59.9 Å². The number of oxazole rings is 1. The van der Waals surface area contributed by atoms with E-state index in [0.29, 0.717) is 37.7 Å². The lowest BCUT2D eigenvalue weighted by molar-refractivity contribution is -0.926. The molecule has 1 aliphatic rings. The molecule has 0 radical (unpaired) electrons. The zero-order chi connectivity index (χ0) is 19.0. The molecule has 2 heterocycles. The van der Waals surface area contributed by atoms with Gasteiger partial charge in [0.2, 0.25) is 10.0 Å². The van der Waals surface area contributed by atoms with Crippen LogP contribution in [0.2, 0.25) is 0 Å². The van der Waals surface area contributed by atoms with Gasteiger partial charge in [-0.2, -0.15) is 4.31 Å². The number of benzene rings is 2. The molecule has 0 aliphatic carbocycles. The van der Waals surface area contributed by atoms with Gasteiger partial charge in [-0.25, -0.2) is 12.8 Å². The summed E-state index contributed by atoms with van der Waals surface area (Å²) in [6.45, 7) is 2.47. The van der Waals surface area contributed by atoms with Gasteiger partial charge >= 0.3 is 0 Å². The Labute approximate surface area is 161 Å². The lowest BCUT2D eigenvalue weighted by atomic mass is 10.3. The highest BCUT2D eigenvalue weighted by Gasteiger charge is 2.32. The van der Waals surface area contributed by atoms with Crippen LogP contribution in [-0.4, -0.2) is 43.5 Å². The van der Waals surface area contributed by atoms with Crippen molar-refractivity contribution in [2.24, 2.45) is 0 Å². The summed E-state index contributed by atoms with van der Waals surface area (Å²) in [5.41, 5.74) is 1.67. The number of aromatic nitrogens is 1. The number of hydrogen-bond donors (Lipinski definition) is 1. The van der Waals surface area contributed by atoms with E-state index < -0.39 is 15.8 Å². The predicted octanol–water partition coefficient (Wildman–Crippen LogP) is 1.65. The average molecular weight is 409 g/mol. The van der Waals surface area contributed by atoms with Crippen LogP contribution in [0.25, 0.3) is 11.1 Å². The van der Waals surface area contributed by atoms with Crippen molar-refractivity contribution in [3.05, 3.63) is 59.2 Å². The van der Waals surface area contributed by atoms with Crippen molar-refractivity contribution in [2.75, 3.05) is 26.2 Å². The molecule has 1 fully saturated rings. The molecule has 0 spiro atoms. The van der Waals surface area contributed by atoms with Gasteiger partial charge in [-0.1, -0.05) is 24.3 Å². The van der Waals surface area contributed by atoms with E-state index in [1.54, 1.807) is 0 Å². The molecule has 9 heteroatoms. The molecule has 0 bridgehead atoms. The van der Waals surface area contributed by atoms with Gasteiger partial charge in [0.05, 0.1) is 31.7 Å². The minimum absolute atomic E-state index is 0.267. The number of halogens is 1. The number of piperazine rings is 1. The molecule has 0 unspecified atom stereocenters. The molecule has 0 saturated carbocycles. The summed E-state index contributed by atoms with van der Waals surface area (Å²) in [7, 11) is -3.82. The largest absolute Gasteiger partial charge is 0.429 e. The number of sulfonamides is 1. The van der Waals surface area contributed by atoms with Crippen molar-refractivity contribution in [1.29, 1.82) is 0 Å². The van der Waals surface area contributed by atoms with Crippen molar-refractivity contribution in [1.82, 2.24) is 8.87 Å². The second kappa shape index (κ2) is 7.16. The smallest absolute Gasteiger partial charge is 0.274 e. The first-order valence-electron chi connectivity index (χ1n) is 8.63. The van der Waals surface area contributed by atoms with Crippen molar-refractivity contribution >= 4 is 33.3 Å². The molecule has 2 aromatic carbocycles. The zero-order valence-corrected chi connectivity index (χ0v) is 16.1. The average Bonchev–Trinajstić information content (AvgIpc) is 2.98. The summed E-state index contributed by atoms with van der Waals surface area (Å²) in [5.74, 6) is -0.719. The van der Waals surface area contributed by atoms with Gasteiger partial charge in [-0.05, 0) is 36.5 Å². The maximum atomic E-state index is 13.9. The van der Waals surface area contributed by atoms with Gasteiger partial charge < -0.3 is 9.32 Å². The number of nitrogens with one attached hydrogen (secondary N) is 1. The number of nitrogens with zero attached hydrogens (tertiary/aromatic N) is 2. The Bertz CT molecular complexity index is 1130. The predicted molar refractivity (Wildman–Crippen MR) is 101 cm³/mol. The summed E-state index contributed by atoms with van der Waals surface area (Å²) in [4.78, 5) is 1.33. The second-order valence-electron chi connectivity index (χ2n) is 6.51. The molecule has 0 amide bonds. The minimum atomic E-state index is -3.82. The molecule has 1 aliphatic heterocycles. The van der Waals surface area contributed by atoms with Gasteiger partial charge in [0.25, 0.3) is 4.84 Å². The third kappa shape index (κ3) is 3.43. The molecule has 1 aromatic heterocycles. The van der Waals surface area contributed by atoms with Crippen LogP contribution in [0.4, 0.5) is 4.39 Å². The van der Waals surface area contributed by atoms with Crippen molar-refractivity contribution in [3.8, 4) is 0 Å². The summed E-state index contributed by atoms with van der Waals surface area (Å²) >= 11 is 5.32. The summed E-state index contributed by atoms with van der Waals surface area (Å²) in [6.07, 6.45) is 0. The molecule has 3 aromatic rings. The molecule has 6 nitrogen and oxygen atoms in total. The number of rotatable bonds is 4. The highest BCUT2D eigenvalue weighted by atomic mass is 32.2. The van der Waals surface area contributed by atoms with Crippen molar-refractivity contribution < 1.29 is 22.1 Å². The molecular formula is C18H19FN3O3S2+. The maximum Gasteiger partial charge on any atom is 0.274 e. The van der Waals surface area contributed by atoms with Crippen LogP contribution in [0.3, 0.4) is 0 Å². The Kier molecular flexibility index (Phi) is 4.85. The van der Waals surface area contributed by atoms with Crippen LogP contribution in [0.15, 0.2) is 57.8 Å². The fraction of sp³-hybridized carbons (Fsp3) is 0.278. The van der Waals surface area contributed by atoms with Gasteiger partial charge in [0, 0.05) is 0 Å². The Morgan fingerprint density at radius 2 is 1.74 bits per heavy atom. The molecule has 1 saturated heterocycles. The van der Waals surface area contributed by atoms with Crippen LogP contribution < -0.4 is 4.90 Å². The first-order valence-corrected chi connectivity index (χ1v) is 10.5. The SMILES string of the molecule is O=S(=O)(c1ccccc1F)N1CC[NH+](Cn2c(=S)oc3ccccc32)CC1. The fourth-order valence-corrected chi connectivity index (χ4v) is 5.14. The number of hydrogen-bond acceptors (Lipinski definition) is 4. The normalized spacial score (nSPS) is 16.8. The third-order valence-corrected chi connectivity index (χ3v) is 7.08. The van der Waals surface area contributed by atoms with Gasteiger partial charge in [-0.15, -0.1) is 0 Å². The lowest BCUT2D eigenvalue weighted by Gasteiger charge is -2.31. The van der Waals surface area contributed by atoms with Crippen LogP contribution >= 0.6 is 12.2 Å². The molecule has 1 N–H and O–H groups in total. The number of para-hydroxylation sites is 2. The molecule has 142 valence electrons. The van der Waals surface area contributed by atoms with Gasteiger partial charge in [0.15, 0.2) is 12.3 Å². The Hall–Kier alpha value is -2.07. The van der Waals surface area contributed by atoms with E-state index in [1.807, 2.05) is 28.8 Å². The van der Waals surface area contributed by atoms with Crippen LogP contribution in [0.5, 0.6) is 0 Å². The Balaban J connectivity index is 1.49.